The van der Waals surface area contributed by atoms with Crippen LogP contribution in [0, 0.1) is 0 Å². The molecule has 0 saturated carbocycles. The summed E-state index contributed by atoms with van der Waals surface area (Å²) >= 11 is 0. The molecule has 1 aromatic heterocycles. The third-order valence-electron chi connectivity index (χ3n) is 1.79. The Morgan fingerprint density at radius 2 is 2.27 bits per heavy atom. The monoisotopic (exact) mass is 230 g/mol. The van der Waals surface area contributed by atoms with Gasteiger partial charge < -0.3 is 11.1 Å². The van der Waals surface area contributed by atoms with Crippen molar-refractivity contribution < 1.29 is 8.42 Å². The Labute approximate surface area is 88.9 Å². The molecule has 0 radical (unpaired) electrons. The maximum Gasteiger partial charge on any atom is 0.213 e. The number of nitrogens with one attached hydrogen (secondary N) is 2. The predicted molar refractivity (Wildman–Crippen MR) is 60.0 cm³/mol. The van der Waals surface area contributed by atoms with E-state index in [1.54, 1.807) is 18.3 Å². The topological polar surface area (TPSA) is 97.1 Å². The van der Waals surface area contributed by atoms with Crippen molar-refractivity contribution in [3.05, 3.63) is 18.3 Å². The van der Waals surface area contributed by atoms with Crippen molar-refractivity contribution in [2.45, 2.75) is 0 Å². The molecule has 1 heterocycles. The Kier molecular flexibility index (Phi) is 3.87. The van der Waals surface area contributed by atoms with Gasteiger partial charge in [0.25, 0.3) is 0 Å². The van der Waals surface area contributed by atoms with Gasteiger partial charge in [0, 0.05) is 24.5 Å². The van der Waals surface area contributed by atoms with Gasteiger partial charge in [0.1, 0.15) is 5.82 Å². The highest BCUT2D eigenvalue weighted by atomic mass is 32.2. The molecule has 0 fully saturated rings. The molecule has 0 saturated heterocycles. The Bertz CT molecular complexity index is 418. The second-order valence-electron chi connectivity index (χ2n) is 2.92. The van der Waals surface area contributed by atoms with E-state index in [4.69, 9.17) is 5.73 Å². The minimum Gasteiger partial charge on any atom is -0.384 e. The number of nitrogens with two attached hydrogens (primary N) is 1. The maximum atomic E-state index is 11.1. The van der Waals surface area contributed by atoms with Crippen molar-refractivity contribution in [3.8, 4) is 0 Å². The number of hydrogen-bond donors (Lipinski definition) is 3. The minimum absolute atomic E-state index is 0.0196. The summed E-state index contributed by atoms with van der Waals surface area (Å²) in [7, 11) is -1.77. The van der Waals surface area contributed by atoms with Gasteiger partial charge in [-0.2, -0.15) is 0 Å². The van der Waals surface area contributed by atoms with E-state index in [9.17, 15) is 8.42 Å². The standard InChI is InChI=1S/C8H14N4O2S/c1-10-15(13,14)5-4-11-7-2-3-12-8(9)6-7/h2-3,6,10H,4-5H2,1H3,(H3,9,11,12). The zero-order valence-corrected chi connectivity index (χ0v) is 9.21. The molecule has 15 heavy (non-hydrogen) atoms. The van der Waals surface area contributed by atoms with Gasteiger partial charge in [0.2, 0.25) is 10.0 Å². The van der Waals surface area contributed by atoms with Crippen molar-refractivity contribution in [1.29, 1.82) is 0 Å². The van der Waals surface area contributed by atoms with Crippen LogP contribution in [-0.2, 0) is 10.0 Å². The molecule has 6 nitrogen and oxygen atoms in total. The first-order valence-electron chi connectivity index (χ1n) is 4.40. The summed E-state index contributed by atoms with van der Waals surface area (Å²) in [5.41, 5.74) is 6.22. The van der Waals surface area contributed by atoms with E-state index in [-0.39, 0.29) is 5.75 Å². The lowest BCUT2D eigenvalue weighted by Gasteiger charge is -2.06. The first kappa shape index (κ1) is 11.7. The lowest BCUT2D eigenvalue weighted by molar-refractivity contribution is 0.588. The van der Waals surface area contributed by atoms with Crippen LogP contribution in [0.15, 0.2) is 18.3 Å². The number of nitrogen functional groups attached to an aromatic ring is 1. The highest BCUT2D eigenvalue weighted by Gasteiger charge is 2.05. The van der Waals surface area contributed by atoms with Gasteiger partial charge in [-0.25, -0.2) is 18.1 Å². The van der Waals surface area contributed by atoms with Crippen LogP contribution in [0.5, 0.6) is 0 Å². The summed E-state index contributed by atoms with van der Waals surface area (Å²) in [4.78, 5) is 3.82. The summed E-state index contributed by atoms with van der Waals surface area (Å²) in [6, 6.07) is 3.37. The van der Waals surface area contributed by atoms with E-state index in [1.165, 1.54) is 7.05 Å². The Hall–Kier alpha value is -1.34. The summed E-state index contributed by atoms with van der Waals surface area (Å²) in [5.74, 6) is 0.419. The average molecular weight is 230 g/mol. The highest BCUT2D eigenvalue weighted by Crippen LogP contribution is 2.07. The van der Waals surface area contributed by atoms with Crippen LogP contribution in [0.3, 0.4) is 0 Å². The van der Waals surface area contributed by atoms with Gasteiger partial charge in [-0.3, -0.25) is 0 Å². The second-order valence-corrected chi connectivity index (χ2v) is 4.97. The smallest absolute Gasteiger partial charge is 0.213 e. The molecule has 0 aliphatic rings. The Morgan fingerprint density at radius 1 is 1.53 bits per heavy atom. The van der Waals surface area contributed by atoms with Crippen LogP contribution in [0.25, 0.3) is 0 Å². The van der Waals surface area contributed by atoms with Gasteiger partial charge in [0.15, 0.2) is 0 Å². The lowest BCUT2D eigenvalue weighted by atomic mass is 10.4. The van der Waals surface area contributed by atoms with Gasteiger partial charge in [0.05, 0.1) is 5.75 Å². The summed E-state index contributed by atoms with van der Waals surface area (Å²) in [6.07, 6.45) is 1.56. The van der Waals surface area contributed by atoms with Crippen LogP contribution in [0.1, 0.15) is 0 Å². The summed E-state index contributed by atoms with van der Waals surface area (Å²) < 4.78 is 24.4. The molecule has 84 valence electrons. The number of rotatable bonds is 5. The number of hydrogen-bond acceptors (Lipinski definition) is 5. The van der Waals surface area contributed by atoms with Crippen molar-refractivity contribution in [2.75, 3.05) is 30.4 Å². The Morgan fingerprint density at radius 3 is 2.87 bits per heavy atom. The van der Waals surface area contributed by atoms with Gasteiger partial charge in [-0.05, 0) is 13.1 Å². The van der Waals surface area contributed by atoms with E-state index in [0.29, 0.717) is 12.4 Å². The molecule has 0 unspecified atom stereocenters. The maximum absolute atomic E-state index is 11.1. The summed E-state index contributed by atoms with van der Waals surface area (Å²) in [5, 5.41) is 2.94. The molecule has 7 heteroatoms. The third-order valence-corrected chi connectivity index (χ3v) is 3.16. The minimum atomic E-state index is -3.16. The quantitative estimate of drug-likeness (QED) is 0.641. The molecular weight excluding hydrogens is 216 g/mol. The first-order chi connectivity index (χ1) is 7.03. The van der Waals surface area contributed by atoms with Crippen molar-refractivity contribution >= 4 is 21.5 Å². The third kappa shape index (κ3) is 4.13. The fraction of sp³-hybridized carbons (Fsp3) is 0.375. The molecule has 0 bridgehead atoms. The van der Waals surface area contributed by atoms with Gasteiger partial charge in [-0.1, -0.05) is 0 Å². The fourth-order valence-corrected chi connectivity index (χ4v) is 1.57. The van der Waals surface area contributed by atoms with Crippen LogP contribution in [-0.4, -0.2) is 32.7 Å². The van der Waals surface area contributed by atoms with E-state index >= 15 is 0 Å². The number of nitrogens with zero attached hydrogens (tertiary/aromatic N) is 1. The SMILES string of the molecule is CNS(=O)(=O)CCNc1ccnc(N)c1. The van der Waals surface area contributed by atoms with Crippen LogP contribution in [0.4, 0.5) is 11.5 Å². The van der Waals surface area contributed by atoms with Gasteiger partial charge >= 0.3 is 0 Å². The number of pyridine rings is 1. The molecule has 0 aliphatic carbocycles. The van der Waals surface area contributed by atoms with Crippen molar-refractivity contribution in [2.24, 2.45) is 0 Å². The molecule has 1 rings (SSSR count). The predicted octanol–water partition coefficient (Wildman–Crippen LogP) is -0.375. The van der Waals surface area contributed by atoms with Crippen LogP contribution >= 0.6 is 0 Å². The number of aromatic nitrogens is 1. The van der Waals surface area contributed by atoms with E-state index in [0.717, 1.165) is 5.69 Å². The average Bonchev–Trinajstić information content (AvgIpc) is 2.18. The van der Waals surface area contributed by atoms with E-state index < -0.39 is 10.0 Å². The molecule has 0 aromatic carbocycles. The van der Waals surface area contributed by atoms with E-state index in [2.05, 4.69) is 15.0 Å². The zero-order chi connectivity index (χ0) is 11.3. The second kappa shape index (κ2) is 4.94. The summed E-state index contributed by atoms with van der Waals surface area (Å²) in [6.45, 7) is 0.326. The molecule has 0 amide bonds. The Balaban J connectivity index is 2.45. The normalized spacial score (nSPS) is 11.3. The van der Waals surface area contributed by atoms with Crippen molar-refractivity contribution in [3.63, 3.8) is 0 Å². The van der Waals surface area contributed by atoms with Crippen LogP contribution in [0.2, 0.25) is 0 Å². The molecule has 1 aromatic rings. The van der Waals surface area contributed by atoms with Crippen molar-refractivity contribution in [1.82, 2.24) is 9.71 Å². The van der Waals surface area contributed by atoms with E-state index in [1.807, 2.05) is 0 Å². The van der Waals surface area contributed by atoms with Crippen LogP contribution < -0.4 is 15.8 Å². The lowest BCUT2D eigenvalue weighted by Crippen LogP contribution is -2.26. The first-order valence-corrected chi connectivity index (χ1v) is 6.05. The molecule has 4 N–H and O–H groups in total. The zero-order valence-electron chi connectivity index (χ0n) is 8.40. The molecule has 0 spiro atoms. The van der Waals surface area contributed by atoms with Gasteiger partial charge in [-0.15, -0.1) is 0 Å². The number of sulfonamides is 1. The number of anilines is 2. The molecule has 0 atom stereocenters. The highest BCUT2D eigenvalue weighted by molar-refractivity contribution is 7.89. The molecule has 0 aliphatic heterocycles. The largest absolute Gasteiger partial charge is 0.384 e. The fourth-order valence-electron chi connectivity index (χ4n) is 0.990. The molecular formula is C8H14N4O2S.